The molecule has 0 saturated carbocycles. The maximum Gasteiger partial charge on any atom is 0.184 e. The van der Waals surface area contributed by atoms with Gasteiger partial charge >= 0.3 is 0 Å². The maximum absolute atomic E-state index is 5.69. The van der Waals surface area contributed by atoms with Gasteiger partial charge in [0.05, 0.1) is 6.10 Å². The average Bonchev–Trinajstić information content (AvgIpc) is 2.00. The van der Waals surface area contributed by atoms with Crippen LogP contribution in [0.25, 0.3) is 0 Å². The summed E-state index contributed by atoms with van der Waals surface area (Å²) in [5, 5.41) is 0. The van der Waals surface area contributed by atoms with Crippen LogP contribution in [-0.2, 0) is 4.74 Å². The first-order valence-corrected chi connectivity index (χ1v) is 5.37. The Morgan fingerprint density at radius 2 is 2.00 bits per heavy atom. The van der Waals surface area contributed by atoms with Crippen molar-refractivity contribution in [2.45, 2.75) is 40.2 Å². The summed E-state index contributed by atoms with van der Waals surface area (Å²) in [6.45, 7) is 12.1. The Morgan fingerprint density at radius 1 is 1.40 bits per heavy atom. The minimum absolute atomic E-state index is 0.166. The predicted molar refractivity (Wildman–Crippen MR) is 66.2 cm³/mol. The molecule has 2 heteroatoms. The van der Waals surface area contributed by atoms with E-state index < -0.39 is 0 Å². The van der Waals surface area contributed by atoms with Gasteiger partial charge in [-0.05, 0) is 32.3 Å². The molecule has 0 spiro atoms. The van der Waals surface area contributed by atoms with E-state index >= 15 is 0 Å². The molecule has 2 nitrogen and oxygen atoms in total. The van der Waals surface area contributed by atoms with Crippen molar-refractivity contribution in [1.29, 1.82) is 0 Å². The molecule has 1 atom stereocenters. The molecule has 0 aromatic rings. The maximum atomic E-state index is 5.69. The van der Waals surface area contributed by atoms with Crippen LogP contribution in [0.15, 0.2) is 36.3 Å². The number of hydrogen-bond acceptors (Lipinski definition) is 2. The van der Waals surface area contributed by atoms with Gasteiger partial charge in [-0.15, -0.1) is 0 Å². The highest BCUT2D eigenvalue weighted by atomic mass is 16.5. The third kappa shape index (κ3) is 9.13. The van der Waals surface area contributed by atoms with Gasteiger partial charge in [-0.1, -0.05) is 38.2 Å². The van der Waals surface area contributed by atoms with Crippen LogP contribution >= 0.6 is 0 Å². The van der Waals surface area contributed by atoms with E-state index in [1.165, 1.54) is 0 Å². The van der Waals surface area contributed by atoms with Crippen molar-refractivity contribution in [1.82, 2.24) is 0 Å². The lowest BCUT2D eigenvalue weighted by Crippen LogP contribution is -2.14. The third-order valence-corrected chi connectivity index (χ3v) is 1.78. The Balaban J connectivity index is 4.00. The molecule has 0 aliphatic heterocycles. The van der Waals surface area contributed by atoms with E-state index in [9.17, 15) is 0 Å². The average molecular weight is 209 g/mol. The van der Waals surface area contributed by atoms with Crippen molar-refractivity contribution in [3.63, 3.8) is 0 Å². The first-order valence-electron chi connectivity index (χ1n) is 5.37. The molecule has 1 unspecified atom stereocenters. The zero-order valence-electron chi connectivity index (χ0n) is 10.3. The van der Waals surface area contributed by atoms with Gasteiger partial charge in [0, 0.05) is 0 Å². The fourth-order valence-corrected chi connectivity index (χ4v) is 1.29. The summed E-state index contributed by atoms with van der Waals surface area (Å²) < 4.78 is 5.50. The zero-order valence-corrected chi connectivity index (χ0v) is 10.3. The largest absolute Gasteiger partial charge is 0.476 e. The molecule has 0 bridgehead atoms. The van der Waals surface area contributed by atoms with Crippen LogP contribution in [0.2, 0.25) is 0 Å². The molecular formula is C13H23NO. The van der Waals surface area contributed by atoms with E-state index in [0.29, 0.717) is 11.8 Å². The minimum atomic E-state index is 0.166. The Labute approximate surface area is 93.5 Å². The molecule has 86 valence electrons. The Hall–Kier alpha value is -1.18. The smallest absolute Gasteiger partial charge is 0.184 e. The lowest BCUT2D eigenvalue weighted by molar-refractivity contribution is 0.110. The van der Waals surface area contributed by atoms with Gasteiger partial charge in [-0.3, -0.25) is 0 Å². The number of allylic oxidation sites excluding steroid dienone is 4. The van der Waals surface area contributed by atoms with Crippen molar-refractivity contribution >= 4 is 0 Å². The molecule has 0 aliphatic carbocycles. The van der Waals surface area contributed by atoms with Gasteiger partial charge in [0.1, 0.15) is 0 Å². The summed E-state index contributed by atoms with van der Waals surface area (Å²) in [7, 11) is 0. The van der Waals surface area contributed by atoms with Crippen molar-refractivity contribution in [2.24, 2.45) is 11.7 Å². The molecule has 0 aliphatic rings. The molecule has 0 saturated heterocycles. The summed E-state index contributed by atoms with van der Waals surface area (Å²) in [5.41, 5.74) is 6.69. The number of hydrogen-bond donors (Lipinski definition) is 1. The van der Waals surface area contributed by atoms with Crippen LogP contribution < -0.4 is 5.73 Å². The lowest BCUT2D eigenvalue weighted by atomic mass is 10.1. The molecule has 0 radical (unpaired) electrons. The van der Waals surface area contributed by atoms with Crippen LogP contribution in [-0.4, -0.2) is 6.10 Å². The molecule has 15 heavy (non-hydrogen) atoms. The van der Waals surface area contributed by atoms with E-state index in [-0.39, 0.29) is 6.10 Å². The minimum Gasteiger partial charge on any atom is -0.476 e. The Morgan fingerprint density at radius 3 is 2.47 bits per heavy atom. The molecule has 0 aromatic heterocycles. The normalized spacial score (nSPS) is 14.6. The second kappa shape index (κ2) is 7.16. The Bertz CT molecular complexity index is 251. The number of nitrogens with two attached hydrogens (primary N) is 1. The first kappa shape index (κ1) is 13.8. The monoisotopic (exact) mass is 209 g/mol. The van der Waals surface area contributed by atoms with Crippen LogP contribution in [0, 0.1) is 5.92 Å². The fraction of sp³-hybridized carbons (Fsp3) is 0.538. The van der Waals surface area contributed by atoms with Gasteiger partial charge in [0.15, 0.2) is 5.88 Å². The van der Waals surface area contributed by atoms with E-state index in [4.69, 9.17) is 10.5 Å². The van der Waals surface area contributed by atoms with Gasteiger partial charge in [-0.25, -0.2) is 0 Å². The van der Waals surface area contributed by atoms with Gasteiger partial charge in [0.2, 0.25) is 0 Å². The van der Waals surface area contributed by atoms with E-state index in [1.54, 1.807) is 6.08 Å². The van der Waals surface area contributed by atoms with Crippen molar-refractivity contribution in [2.75, 3.05) is 0 Å². The second-order valence-corrected chi connectivity index (χ2v) is 4.33. The van der Waals surface area contributed by atoms with E-state index in [1.807, 2.05) is 26.0 Å². The first-order chi connectivity index (χ1) is 6.91. The predicted octanol–water partition coefficient (Wildman–Crippen LogP) is 3.37. The highest BCUT2D eigenvalue weighted by Crippen LogP contribution is 2.09. The lowest BCUT2D eigenvalue weighted by Gasteiger charge is -2.16. The molecule has 0 heterocycles. The molecule has 0 rings (SSSR count). The topological polar surface area (TPSA) is 35.2 Å². The van der Waals surface area contributed by atoms with Gasteiger partial charge < -0.3 is 10.5 Å². The zero-order chi connectivity index (χ0) is 11.8. The van der Waals surface area contributed by atoms with E-state index in [0.717, 1.165) is 12.0 Å². The second-order valence-electron chi connectivity index (χ2n) is 4.33. The highest BCUT2D eigenvalue weighted by molar-refractivity contribution is 5.17. The van der Waals surface area contributed by atoms with Gasteiger partial charge in [-0.2, -0.15) is 0 Å². The number of ether oxygens (including phenoxy) is 1. The summed E-state index contributed by atoms with van der Waals surface area (Å²) in [6, 6.07) is 0. The fourth-order valence-electron chi connectivity index (χ4n) is 1.29. The standard InChI is InChI=1S/C13H23NO/c1-10(2)7-6-8-13(14)15-12(5)9-11(3)4/h6-8,11-12H,1,9,14H2,2-5H3/b7-6-,13-8+. The third-order valence-electron chi connectivity index (χ3n) is 1.78. The summed E-state index contributed by atoms with van der Waals surface area (Å²) in [6.07, 6.45) is 6.67. The summed E-state index contributed by atoms with van der Waals surface area (Å²) >= 11 is 0. The van der Waals surface area contributed by atoms with Crippen LogP contribution in [0.4, 0.5) is 0 Å². The summed E-state index contributed by atoms with van der Waals surface area (Å²) in [5.74, 6) is 1.08. The van der Waals surface area contributed by atoms with Crippen molar-refractivity contribution in [3.05, 3.63) is 36.3 Å². The molecule has 0 aromatic carbocycles. The highest BCUT2D eigenvalue weighted by Gasteiger charge is 2.05. The van der Waals surface area contributed by atoms with Crippen LogP contribution in [0.3, 0.4) is 0 Å². The van der Waals surface area contributed by atoms with E-state index in [2.05, 4.69) is 20.4 Å². The van der Waals surface area contributed by atoms with Crippen molar-refractivity contribution < 1.29 is 4.74 Å². The number of rotatable bonds is 6. The molecular weight excluding hydrogens is 186 g/mol. The molecule has 0 fully saturated rings. The SMILES string of the molecule is C=C(C)/C=C\C=C(/N)OC(C)CC(C)C. The Kier molecular flexibility index (Phi) is 6.59. The van der Waals surface area contributed by atoms with Crippen molar-refractivity contribution in [3.8, 4) is 0 Å². The molecule has 2 N–H and O–H groups in total. The van der Waals surface area contributed by atoms with Crippen LogP contribution in [0.5, 0.6) is 0 Å². The summed E-state index contributed by atoms with van der Waals surface area (Å²) in [4.78, 5) is 0. The van der Waals surface area contributed by atoms with Gasteiger partial charge in [0.25, 0.3) is 0 Å². The quantitative estimate of drug-likeness (QED) is 0.537. The molecule has 0 amide bonds. The van der Waals surface area contributed by atoms with Crippen LogP contribution in [0.1, 0.15) is 34.1 Å².